The molecular formula is C50H90NO11P. The molecule has 0 heterocycles. The highest BCUT2D eigenvalue weighted by Crippen LogP contribution is 2.43. The molecule has 0 radical (unpaired) electrons. The highest BCUT2D eigenvalue weighted by molar-refractivity contribution is 7.47. The molecule has 0 amide bonds. The average Bonchev–Trinajstić information content (AvgIpc) is 3.25. The second-order valence-corrected chi connectivity index (χ2v) is 18.3. The number of carboxylic acids is 1. The zero-order chi connectivity index (χ0) is 46.5. The lowest BCUT2D eigenvalue weighted by atomic mass is 10.0. The maximum absolute atomic E-state index is 12.6. The first kappa shape index (κ1) is 60.4. The number of carbonyl (C=O) groups is 3. The maximum atomic E-state index is 12.6. The van der Waals surface area contributed by atoms with Crippen LogP contribution in [0.3, 0.4) is 0 Å². The molecule has 366 valence electrons. The van der Waals surface area contributed by atoms with Crippen molar-refractivity contribution in [2.75, 3.05) is 19.8 Å². The molecule has 0 aromatic carbocycles. The van der Waals surface area contributed by atoms with Gasteiger partial charge in [-0.2, -0.15) is 0 Å². The SMILES string of the molecule is CCCCCCCCCCCCCCCCCCCCCCCC(=O)OC[C@H](COP(=O)(O)OC[C@H](N)C(=O)O)OC(=O)CCC/C=C\C/C=C\C/C=C\C=C\[C@@H](O)CCCCC. The number of aliphatic carboxylic acids is 1. The van der Waals surface area contributed by atoms with Crippen LogP contribution in [0.1, 0.15) is 213 Å². The number of hydrogen-bond acceptors (Lipinski definition) is 10. The quantitative estimate of drug-likeness (QED) is 0.0149. The predicted octanol–water partition coefficient (Wildman–Crippen LogP) is 12.7. The zero-order valence-electron chi connectivity index (χ0n) is 39.5. The summed E-state index contributed by atoms with van der Waals surface area (Å²) >= 11 is 0. The van der Waals surface area contributed by atoms with Gasteiger partial charge in [-0.15, -0.1) is 0 Å². The van der Waals surface area contributed by atoms with Crippen LogP contribution in [-0.2, 0) is 37.5 Å². The van der Waals surface area contributed by atoms with Crippen LogP contribution in [0.5, 0.6) is 0 Å². The van der Waals surface area contributed by atoms with Crippen LogP contribution >= 0.6 is 7.82 Å². The van der Waals surface area contributed by atoms with E-state index >= 15 is 0 Å². The van der Waals surface area contributed by atoms with Crippen molar-refractivity contribution in [1.29, 1.82) is 0 Å². The molecule has 0 aliphatic heterocycles. The lowest BCUT2D eigenvalue weighted by molar-refractivity contribution is -0.161. The number of aliphatic hydroxyl groups is 1. The van der Waals surface area contributed by atoms with Crippen molar-refractivity contribution in [3.8, 4) is 0 Å². The summed E-state index contributed by atoms with van der Waals surface area (Å²) in [4.78, 5) is 46.1. The Kier molecular flexibility index (Phi) is 42.8. The lowest BCUT2D eigenvalue weighted by Gasteiger charge is -2.20. The van der Waals surface area contributed by atoms with Crippen LogP contribution in [0.15, 0.2) is 48.6 Å². The number of allylic oxidation sites excluding steroid dienone is 7. The topological polar surface area (TPSA) is 192 Å². The van der Waals surface area contributed by atoms with Gasteiger partial charge in [0.2, 0.25) is 0 Å². The third kappa shape index (κ3) is 44.4. The van der Waals surface area contributed by atoms with Crippen LogP contribution in [0.2, 0.25) is 0 Å². The van der Waals surface area contributed by atoms with E-state index in [1.807, 2.05) is 42.5 Å². The van der Waals surface area contributed by atoms with Gasteiger partial charge >= 0.3 is 25.7 Å². The average molecular weight is 912 g/mol. The van der Waals surface area contributed by atoms with Gasteiger partial charge in [-0.1, -0.05) is 210 Å². The molecule has 0 aliphatic carbocycles. The molecule has 0 saturated carbocycles. The van der Waals surface area contributed by atoms with Gasteiger partial charge < -0.3 is 30.3 Å². The molecular weight excluding hydrogens is 822 g/mol. The lowest BCUT2D eigenvalue weighted by Crippen LogP contribution is -2.34. The molecule has 0 saturated heterocycles. The van der Waals surface area contributed by atoms with Crippen molar-refractivity contribution < 1.29 is 52.6 Å². The largest absolute Gasteiger partial charge is 0.480 e. The van der Waals surface area contributed by atoms with Gasteiger partial charge in [0.15, 0.2) is 6.10 Å². The summed E-state index contributed by atoms with van der Waals surface area (Å²) in [5.74, 6) is -2.48. The van der Waals surface area contributed by atoms with E-state index in [0.29, 0.717) is 19.3 Å². The predicted molar refractivity (Wildman–Crippen MR) is 255 cm³/mol. The van der Waals surface area contributed by atoms with E-state index in [1.54, 1.807) is 0 Å². The molecule has 0 spiro atoms. The van der Waals surface area contributed by atoms with Crippen LogP contribution < -0.4 is 5.73 Å². The van der Waals surface area contributed by atoms with Crippen molar-refractivity contribution >= 4 is 25.7 Å². The molecule has 13 heteroatoms. The fourth-order valence-electron chi connectivity index (χ4n) is 6.76. The van der Waals surface area contributed by atoms with Crippen molar-refractivity contribution in [1.82, 2.24) is 0 Å². The zero-order valence-corrected chi connectivity index (χ0v) is 40.4. The van der Waals surface area contributed by atoms with Gasteiger partial charge in [0.1, 0.15) is 12.6 Å². The van der Waals surface area contributed by atoms with Crippen LogP contribution in [0, 0.1) is 0 Å². The van der Waals surface area contributed by atoms with Crippen LogP contribution in [0.25, 0.3) is 0 Å². The molecule has 0 fully saturated rings. The number of ether oxygens (including phenoxy) is 2. The Bertz CT molecular complexity index is 1270. The first-order valence-electron chi connectivity index (χ1n) is 24.8. The van der Waals surface area contributed by atoms with E-state index in [4.69, 9.17) is 24.8 Å². The Balaban J connectivity index is 4.35. The molecule has 4 atom stereocenters. The molecule has 0 rings (SSSR count). The summed E-state index contributed by atoms with van der Waals surface area (Å²) in [5, 5.41) is 18.8. The standard InChI is InChI=1S/C50H90NO11P/c1-3-5-7-8-9-10-11-12-13-14-15-16-17-18-19-20-23-26-29-32-36-40-48(53)59-42-46(43-60-63(57,58)61-44-47(51)50(55)56)62-49(54)41-37-33-30-27-24-21-22-25-28-31-35-39-45(52)38-34-6-4-2/h21-22,27-28,30-31,35,39,45-47,52H,3-20,23-26,29,32-34,36-38,40-44,51H2,1-2H3,(H,55,56)(H,57,58)/b22-21-,30-27-,31-28-,39-35+/t45-,46+,47-/m0/s1. The number of hydrogen-bond donors (Lipinski definition) is 4. The number of phosphoric acid groups is 1. The Morgan fingerprint density at radius 2 is 1.03 bits per heavy atom. The summed E-state index contributed by atoms with van der Waals surface area (Å²) in [7, 11) is -4.75. The molecule has 0 aromatic heterocycles. The maximum Gasteiger partial charge on any atom is 0.472 e. The third-order valence-electron chi connectivity index (χ3n) is 10.7. The fraction of sp³-hybridized carbons (Fsp3) is 0.780. The molecule has 63 heavy (non-hydrogen) atoms. The monoisotopic (exact) mass is 912 g/mol. The first-order valence-corrected chi connectivity index (χ1v) is 26.3. The highest BCUT2D eigenvalue weighted by Gasteiger charge is 2.28. The molecule has 5 N–H and O–H groups in total. The number of unbranched alkanes of at least 4 members (excludes halogenated alkanes) is 23. The molecule has 0 bridgehead atoms. The number of esters is 2. The Labute approximate surface area is 382 Å². The second kappa shape index (κ2) is 44.6. The van der Waals surface area contributed by atoms with E-state index < -0.39 is 57.2 Å². The molecule has 12 nitrogen and oxygen atoms in total. The number of phosphoric ester groups is 1. The normalized spacial score (nSPS) is 14.5. The molecule has 0 aromatic rings. The van der Waals surface area contributed by atoms with E-state index in [-0.39, 0.29) is 19.4 Å². The van der Waals surface area contributed by atoms with Crippen molar-refractivity contribution in [3.05, 3.63) is 48.6 Å². The van der Waals surface area contributed by atoms with Gasteiger partial charge in [0.25, 0.3) is 0 Å². The van der Waals surface area contributed by atoms with E-state index in [9.17, 15) is 28.9 Å². The van der Waals surface area contributed by atoms with Crippen molar-refractivity contribution in [3.63, 3.8) is 0 Å². The summed E-state index contributed by atoms with van der Waals surface area (Å²) in [6.07, 6.45) is 48.0. The number of aliphatic hydroxyl groups excluding tert-OH is 1. The van der Waals surface area contributed by atoms with E-state index in [2.05, 4.69) is 24.4 Å². The number of carboxylic acid groups (broad SMARTS) is 1. The molecule has 0 aliphatic rings. The highest BCUT2D eigenvalue weighted by atomic mass is 31.2. The van der Waals surface area contributed by atoms with E-state index in [1.165, 1.54) is 109 Å². The third-order valence-corrected chi connectivity index (χ3v) is 11.6. The minimum Gasteiger partial charge on any atom is -0.480 e. The first-order chi connectivity index (χ1) is 30.5. The fourth-order valence-corrected chi connectivity index (χ4v) is 7.54. The van der Waals surface area contributed by atoms with Crippen LogP contribution in [0.4, 0.5) is 0 Å². The summed E-state index contributed by atoms with van der Waals surface area (Å²) < 4.78 is 32.7. The number of carbonyl (C=O) groups excluding carboxylic acids is 2. The smallest absolute Gasteiger partial charge is 0.472 e. The van der Waals surface area contributed by atoms with Gasteiger partial charge in [-0.25, -0.2) is 4.57 Å². The second-order valence-electron chi connectivity index (χ2n) is 16.8. The minimum atomic E-state index is -4.75. The Morgan fingerprint density at radius 1 is 0.571 bits per heavy atom. The Hall–Kier alpha value is -2.60. The van der Waals surface area contributed by atoms with Gasteiger partial charge in [0, 0.05) is 12.8 Å². The minimum absolute atomic E-state index is 0.0659. The number of nitrogens with two attached hydrogens (primary N) is 1. The van der Waals surface area contributed by atoms with Crippen molar-refractivity contribution in [2.45, 2.75) is 231 Å². The Morgan fingerprint density at radius 3 is 1.57 bits per heavy atom. The summed E-state index contributed by atoms with van der Waals surface area (Å²) in [5.41, 5.74) is 5.34. The van der Waals surface area contributed by atoms with Gasteiger partial charge in [-0.05, 0) is 38.5 Å². The van der Waals surface area contributed by atoms with Crippen molar-refractivity contribution in [2.24, 2.45) is 5.73 Å². The van der Waals surface area contributed by atoms with E-state index in [0.717, 1.165) is 57.8 Å². The van der Waals surface area contributed by atoms with Gasteiger partial charge in [-0.3, -0.25) is 23.4 Å². The van der Waals surface area contributed by atoms with Gasteiger partial charge in [0.05, 0.1) is 19.3 Å². The summed E-state index contributed by atoms with van der Waals surface area (Å²) in [6.45, 7) is 2.64. The van der Waals surface area contributed by atoms with Crippen LogP contribution in [-0.4, -0.2) is 71.1 Å². The number of rotatable bonds is 46. The summed E-state index contributed by atoms with van der Waals surface area (Å²) in [6, 6.07) is -1.54. The molecule has 1 unspecified atom stereocenters.